The summed E-state index contributed by atoms with van der Waals surface area (Å²) in [5.41, 5.74) is 1.76. The molecule has 1 amide bonds. The van der Waals surface area contributed by atoms with E-state index in [1.807, 2.05) is 16.9 Å². The number of nitrogens with zero attached hydrogens (tertiary/aromatic N) is 3. The molecule has 2 aromatic rings. The van der Waals surface area contributed by atoms with Gasteiger partial charge in [-0.15, -0.1) is 0 Å². The fourth-order valence-corrected chi connectivity index (χ4v) is 4.30. The minimum atomic E-state index is -0.0973. The lowest BCUT2D eigenvalue weighted by Crippen LogP contribution is -2.38. The first-order valence-corrected chi connectivity index (χ1v) is 10.5. The third kappa shape index (κ3) is 4.52. The van der Waals surface area contributed by atoms with Crippen LogP contribution in [0.2, 0.25) is 0 Å². The van der Waals surface area contributed by atoms with Crippen molar-refractivity contribution in [2.24, 2.45) is 0 Å². The number of piperidine rings is 1. The van der Waals surface area contributed by atoms with E-state index in [1.165, 1.54) is 5.56 Å². The number of carbonyl (C=O) groups excluding carboxylic acids is 1. The van der Waals surface area contributed by atoms with Crippen LogP contribution >= 0.6 is 11.3 Å². The van der Waals surface area contributed by atoms with Gasteiger partial charge < -0.3 is 10.6 Å². The van der Waals surface area contributed by atoms with Gasteiger partial charge in [-0.2, -0.15) is 16.4 Å². The largest absolute Gasteiger partial charge is 0.349 e. The van der Waals surface area contributed by atoms with Crippen molar-refractivity contribution in [3.8, 4) is 0 Å². The highest BCUT2D eigenvalue weighted by atomic mass is 32.1. The Morgan fingerprint density at radius 1 is 1.46 bits per heavy atom. The molecule has 2 unspecified atom stereocenters. The van der Waals surface area contributed by atoms with Crippen LogP contribution in [-0.2, 0) is 0 Å². The van der Waals surface area contributed by atoms with Gasteiger partial charge in [0.05, 0.1) is 12.1 Å². The van der Waals surface area contributed by atoms with E-state index in [-0.39, 0.29) is 11.9 Å². The highest BCUT2D eigenvalue weighted by molar-refractivity contribution is 7.07. The molecule has 1 fully saturated rings. The predicted molar refractivity (Wildman–Crippen MR) is 106 cm³/mol. The molecule has 0 bridgehead atoms. The number of thiophene rings is 1. The zero-order valence-electron chi connectivity index (χ0n) is 15.6. The Morgan fingerprint density at radius 2 is 2.31 bits per heavy atom. The topological polar surface area (TPSA) is 62.2 Å². The Morgan fingerprint density at radius 3 is 2.96 bits per heavy atom. The van der Waals surface area contributed by atoms with Crippen LogP contribution in [0.15, 0.2) is 29.1 Å². The number of amides is 1. The first kappa shape index (κ1) is 19.1. The molecule has 1 aliphatic heterocycles. The van der Waals surface area contributed by atoms with E-state index >= 15 is 0 Å². The van der Waals surface area contributed by atoms with E-state index in [0.29, 0.717) is 18.3 Å². The number of aromatic nitrogens is 2. The maximum Gasteiger partial charge on any atom is 0.271 e. The van der Waals surface area contributed by atoms with Gasteiger partial charge in [0, 0.05) is 19.3 Å². The number of rotatable bonds is 8. The average molecular weight is 376 g/mol. The van der Waals surface area contributed by atoms with E-state index in [2.05, 4.69) is 51.3 Å². The summed E-state index contributed by atoms with van der Waals surface area (Å²) in [6.07, 6.45) is 4.18. The van der Waals surface area contributed by atoms with E-state index < -0.39 is 0 Å². The summed E-state index contributed by atoms with van der Waals surface area (Å²) in [5, 5.41) is 15.2. The second-order valence-corrected chi connectivity index (χ2v) is 7.46. The number of nitrogens with one attached hydrogen (secondary N) is 2. The van der Waals surface area contributed by atoms with Crippen molar-refractivity contribution in [3.63, 3.8) is 0 Å². The van der Waals surface area contributed by atoms with Crippen molar-refractivity contribution in [1.29, 1.82) is 0 Å². The van der Waals surface area contributed by atoms with Gasteiger partial charge in [-0.05, 0) is 60.9 Å². The second-order valence-electron chi connectivity index (χ2n) is 6.68. The van der Waals surface area contributed by atoms with Crippen molar-refractivity contribution in [3.05, 3.63) is 40.3 Å². The maximum atomic E-state index is 12.6. The number of hydrogen-bond acceptors (Lipinski definition) is 5. The molecule has 2 atom stereocenters. The quantitative estimate of drug-likeness (QED) is 0.745. The number of hydrogen-bond donors (Lipinski definition) is 2. The van der Waals surface area contributed by atoms with Gasteiger partial charge in [0.1, 0.15) is 5.69 Å². The standard InChI is InChI=1S/C19H29N5OS/c1-3-23(4-2)18(15-8-11-26-14-15)13-21-19(25)17-7-10-24(22-17)16-6-5-9-20-12-16/h7-8,10-11,14,16,18,20H,3-6,9,12-13H2,1-2H3,(H,21,25). The minimum absolute atomic E-state index is 0.0973. The first-order chi connectivity index (χ1) is 12.7. The normalized spacial score (nSPS) is 18.8. The van der Waals surface area contributed by atoms with Crippen LogP contribution in [0.4, 0.5) is 0 Å². The van der Waals surface area contributed by atoms with Gasteiger partial charge in [-0.1, -0.05) is 13.8 Å². The number of carbonyl (C=O) groups is 1. The fraction of sp³-hybridized carbons (Fsp3) is 0.579. The van der Waals surface area contributed by atoms with E-state index in [4.69, 9.17) is 0 Å². The lowest BCUT2D eigenvalue weighted by Gasteiger charge is -2.29. The fourth-order valence-electron chi connectivity index (χ4n) is 3.59. The Kier molecular flexibility index (Phi) is 6.82. The molecule has 7 heteroatoms. The summed E-state index contributed by atoms with van der Waals surface area (Å²) in [4.78, 5) is 15.0. The van der Waals surface area contributed by atoms with Crippen LogP contribution in [0.3, 0.4) is 0 Å². The molecule has 0 aromatic carbocycles. The minimum Gasteiger partial charge on any atom is -0.349 e. The van der Waals surface area contributed by atoms with Gasteiger partial charge in [-0.25, -0.2) is 0 Å². The summed E-state index contributed by atoms with van der Waals surface area (Å²) in [6.45, 7) is 8.81. The van der Waals surface area contributed by atoms with Gasteiger partial charge in [-0.3, -0.25) is 14.4 Å². The molecule has 0 aliphatic carbocycles. The highest BCUT2D eigenvalue weighted by Crippen LogP contribution is 2.22. The Labute approximate surface area is 159 Å². The molecule has 0 saturated carbocycles. The van der Waals surface area contributed by atoms with Gasteiger partial charge >= 0.3 is 0 Å². The summed E-state index contributed by atoms with van der Waals surface area (Å²) in [7, 11) is 0. The Bertz CT molecular complexity index is 674. The van der Waals surface area contributed by atoms with Crippen LogP contribution in [0.5, 0.6) is 0 Å². The predicted octanol–water partition coefficient (Wildman–Crippen LogP) is 2.68. The number of likely N-dealkylation sites (N-methyl/N-ethyl adjacent to an activating group) is 1. The van der Waals surface area contributed by atoms with Crippen molar-refractivity contribution >= 4 is 17.2 Å². The van der Waals surface area contributed by atoms with Crippen LogP contribution in [-0.4, -0.2) is 53.3 Å². The zero-order chi connectivity index (χ0) is 18.4. The van der Waals surface area contributed by atoms with Crippen molar-refractivity contribution in [2.45, 2.75) is 38.8 Å². The molecule has 0 spiro atoms. The SMILES string of the molecule is CCN(CC)C(CNC(=O)c1ccn(C2CCCNC2)n1)c1ccsc1. The van der Waals surface area contributed by atoms with Crippen LogP contribution in [0.1, 0.15) is 54.8 Å². The van der Waals surface area contributed by atoms with Crippen molar-refractivity contribution in [2.75, 3.05) is 32.7 Å². The summed E-state index contributed by atoms with van der Waals surface area (Å²) in [5.74, 6) is -0.0973. The second kappa shape index (κ2) is 9.30. The van der Waals surface area contributed by atoms with Gasteiger partial charge in [0.25, 0.3) is 5.91 Å². The van der Waals surface area contributed by atoms with Crippen molar-refractivity contribution < 1.29 is 4.79 Å². The van der Waals surface area contributed by atoms with Crippen LogP contribution in [0, 0.1) is 0 Å². The molecule has 0 radical (unpaired) electrons. The summed E-state index contributed by atoms with van der Waals surface area (Å²) < 4.78 is 1.93. The van der Waals surface area contributed by atoms with Gasteiger partial charge in [0.15, 0.2) is 0 Å². The molecule has 2 aromatic heterocycles. The molecule has 3 rings (SSSR count). The van der Waals surface area contributed by atoms with Crippen LogP contribution in [0.25, 0.3) is 0 Å². The average Bonchev–Trinajstić information content (AvgIpc) is 3.37. The third-order valence-electron chi connectivity index (χ3n) is 5.12. The van der Waals surface area contributed by atoms with E-state index in [1.54, 1.807) is 11.3 Å². The first-order valence-electron chi connectivity index (χ1n) is 9.53. The smallest absolute Gasteiger partial charge is 0.271 e. The lowest BCUT2D eigenvalue weighted by atomic mass is 10.1. The monoisotopic (exact) mass is 375 g/mol. The highest BCUT2D eigenvalue weighted by Gasteiger charge is 2.21. The molecular weight excluding hydrogens is 346 g/mol. The molecule has 26 heavy (non-hydrogen) atoms. The summed E-state index contributed by atoms with van der Waals surface area (Å²) >= 11 is 1.70. The lowest BCUT2D eigenvalue weighted by molar-refractivity contribution is 0.0928. The van der Waals surface area contributed by atoms with Crippen LogP contribution < -0.4 is 10.6 Å². The molecule has 1 aliphatic rings. The third-order valence-corrected chi connectivity index (χ3v) is 5.82. The van der Waals surface area contributed by atoms with E-state index in [9.17, 15) is 4.79 Å². The van der Waals surface area contributed by atoms with E-state index in [0.717, 1.165) is 39.0 Å². The van der Waals surface area contributed by atoms with Gasteiger partial charge in [0.2, 0.25) is 0 Å². The molecule has 3 heterocycles. The molecule has 142 valence electrons. The summed E-state index contributed by atoms with van der Waals surface area (Å²) in [6, 6.07) is 4.51. The molecular formula is C19H29N5OS. The Balaban J connectivity index is 1.62. The zero-order valence-corrected chi connectivity index (χ0v) is 16.5. The molecule has 1 saturated heterocycles. The van der Waals surface area contributed by atoms with Crippen molar-refractivity contribution in [1.82, 2.24) is 25.3 Å². The molecule has 2 N–H and O–H groups in total. The Hall–Kier alpha value is -1.70. The molecule has 6 nitrogen and oxygen atoms in total. The maximum absolute atomic E-state index is 12.6.